The van der Waals surface area contributed by atoms with Gasteiger partial charge >= 0.3 is 0 Å². The molecule has 2 N–H and O–H groups in total. The maximum Gasteiger partial charge on any atom is 0.120 e. The van der Waals surface area contributed by atoms with E-state index in [-0.39, 0.29) is 11.6 Å². The number of nitrogens with two attached hydrogens (primary N) is 1. The van der Waals surface area contributed by atoms with Gasteiger partial charge in [0.2, 0.25) is 0 Å². The molecule has 0 saturated carbocycles. The Morgan fingerprint density at radius 2 is 2.29 bits per heavy atom. The van der Waals surface area contributed by atoms with Crippen LogP contribution in [0.3, 0.4) is 0 Å². The summed E-state index contributed by atoms with van der Waals surface area (Å²) in [5.74, 6) is 3.37. The first-order chi connectivity index (χ1) is 10.2. The number of hydrogen-bond donors (Lipinski definition) is 1. The van der Waals surface area contributed by atoms with Gasteiger partial charge in [0.25, 0.3) is 0 Å². The highest BCUT2D eigenvalue weighted by Gasteiger charge is 2.41. The SMILES string of the molecule is NC1CCc2cc(OC3CCOC4(CCSC4)C3)ccc21. The maximum atomic E-state index is 6.27. The van der Waals surface area contributed by atoms with E-state index in [4.69, 9.17) is 15.2 Å². The van der Waals surface area contributed by atoms with Gasteiger partial charge < -0.3 is 15.2 Å². The van der Waals surface area contributed by atoms with E-state index in [0.717, 1.165) is 43.8 Å². The van der Waals surface area contributed by atoms with E-state index in [2.05, 4.69) is 18.2 Å². The first-order valence-electron chi connectivity index (χ1n) is 8.01. The first kappa shape index (κ1) is 13.9. The summed E-state index contributed by atoms with van der Waals surface area (Å²) in [5, 5.41) is 0. The Morgan fingerprint density at radius 1 is 1.33 bits per heavy atom. The van der Waals surface area contributed by atoms with Gasteiger partial charge in [0, 0.05) is 24.6 Å². The molecular weight excluding hydrogens is 282 g/mol. The van der Waals surface area contributed by atoms with Crippen molar-refractivity contribution >= 4 is 11.8 Å². The lowest BCUT2D eigenvalue weighted by Crippen LogP contribution is -2.43. The lowest BCUT2D eigenvalue weighted by Gasteiger charge is -2.37. The third-order valence-corrected chi connectivity index (χ3v) is 6.28. The average molecular weight is 305 g/mol. The molecule has 0 radical (unpaired) electrons. The van der Waals surface area contributed by atoms with Gasteiger partial charge in [-0.25, -0.2) is 0 Å². The molecule has 114 valence electrons. The normalized spacial score (nSPS) is 35.1. The molecule has 0 bridgehead atoms. The number of hydrogen-bond acceptors (Lipinski definition) is 4. The lowest BCUT2D eigenvalue weighted by molar-refractivity contribution is -0.0959. The van der Waals surface area contributed by atoms with Crippen LogP contribution in [0.5, 0.6) is 5.75 Å². The topological polar surface area (TPSA) is 44.5 Å². The van der Waals surface area contributed by atoms with Gasteiger partial charge in [-0.05, 0) is 48.3 Å². The van der Waals surface area contributed by atoms with E-state index in [1.165, 1.54) is 23.3 Å². The predicted molar refractivity (Wildman–Crippen MR) is 86.0 cm³/mol. The summed E-state index contributed by atoms with van der Waals surface area (Å²) in [5.41, 5.74) is 8.87. The van der Waals surface area contributed by atoms with E-state index in [0.29, 0.717) is 6.10 Å². The summed E-state index contributed by atoms with van der Waals surface area (Å²) < 4.78 is 12.3. The number of rotatable bonds is 2. The number of aryl methyl sites for hydroxylation is 1. The van der Waals surface area contributed by atoms with Crippen LogP contribution in [0.25, 0.3) is 0 Å². The Labute approximate surface area is 130 Å². The molecule has 3 unspecified atom stereocenters. The third kappa shape index (κ3) is 2.69. The zero-order chi connectivity index (χ0) is 14.3. The molecule has 4 rings (SSSR count). The van der Waals surface area contributed by atoms with Crippen LogP contribution < -0.4 is 10.5 Å². The van der Waals surface area contributed by atoms with Gasteiger partial charge in [-0.15, -0.1) is 0 Å². The molecule has 4 heteroatoms. The van der Waals surface area contributed by atoms with E-state index < -0.39 is 0 Å². The minimum absolute atomic E-state index is 0.0899. The second kappa shape index (κ2) is 5.49. The van der Waals surface area contributed by atoms with Crippen LogP contribution in [0.1, 0.15) is 42.9 Å². The van der Waals surface area contributed by atoms with Crippen LogP contribution in [0, 0.1) is 0 Å². The second-order valence-electron chi connectivity index (χ2n) is 6.57. The van der Waals surface area contributed by atoms with Crippen molar-refractivity contribution in [3.8, 4) is 5.75 Å². The van der Waals surface area contributed by atoms with Crippen LogP contribution in [0.4, 0.5) is 0 Å². The highest BCUT2D eigenvalue weighted by Crippen LogP contribution is 2.40. The fourth-order valence-electron chi connectivity index (χ4n) is 3.84. The number of ether oxygens (including phenoxy) is 2. The van der Waals surface area contributed by atoms with Crippen molar-refractivity contribution in [2.75, 3.05) is 18.1 Å². The quantitative estimate of drug-likeness (QED) is 0.912. The molecule has 2 heterocycles. The molecule has 3 aliphatic rings. The van der Waals surface area contributed by atoms with Crippen molar-refractivity contribution in [2.45, 2.75) is 49.9 Å². The zero-order valence-corrected chi connectivity index (χ0v) is 13.2. The van der Waals surface area contributed by atoms with Crippen molar-refractivity contribution in [1.82, 2.24) is 0 Å². The smallest absolute Gasteiger partial charge is 0.120 e. The Balaban J connectivity index is 1.46. The Bertz CT molecular complexity index is 528. The molecule has 1 aromatic rings. The van der Waals surface area contributed by atoms with Crippen molar-refractivity contribution < 1.29 is 9.47 Å². The summed E-state index contributed by atoms with van der Waals surface area (Å²) in [6.45, 7) is 0.834. The maximum absolute atomic E-state index is 6.27. The molecule has 1 spiro atoms. The minimum Gasteiger partial charge on any atom is -0.490 e. The third-order valence-electron chi connectivity index (χ3n) is 5.06. The van der Waals surface area contributed by atoms with Crippen molar-refractivity contribution in [3.05, 3.63) is 29.3 Å². The molecular formula is C17H23NO2S. The van der Waals surface area contributed by atoms with E-state index in [9.17, 15) is 0 Å². The molecule has 3 nitrogen and oxygen atoms in total. The highest BCUT2D eigenvalue weighted by molar-refractivity contribution is 7.99. The van der Waals surface area contributed by atoms with Crippen molar-refractivity contribution in [3.63, 3.8) is 0 Å². The lowest BCUT2D eigenvalue weighted by atomic mass is 9.91. The Hall–Kier alpha value is -0.710. The van der Waals surface area contributed by atoms with Crippen LogP contribution in [-0.4, -0.2) is 29.8 Å². The first-order valence-corrected chi connectivity index (χ1v) is 9.16. The van der Waals surface area contributed by atoms with E-state index >= 15 is 0 Å². The fraction of sp³-hybridized carbons (Fsp3) is 0.647. The van der Waals surface area contributed by atoms with Gasteiger partial charge in [0.1, 0.15) is 11.9 Å². The van der Waals surface area contributed by atoms with E-state index in [1.54, 1.807) is 0 Å². The minimum atomic E-state index is 0.0899. The molecule has 3 atom stereocenters. The zero-order valence-electron chi connectivity index (χ0n) is 12.3. The average Bonchev–Trinajstić information content (AvgIpc) is 3.07. The van der Waals surface area contributed by atoms with Gasteiger partial charge in [0.15, 0.2) is 0 Å². The largest absolute Gasteiger partial charge is 0.490 e. The summed E-state index contributed by atoms with van der Waals surface area (Å²) >= 11 is 2.01. The summed E-state index contributed by atoms with van der Waals surface area (Å²) in [4.78, 5) is 0. The summed E-state index contributed by atoms with van der Waals surface area (Å²) in [6.07, 6.45) is 5.67. The van der Waals surface area contributed by atoms with Gasteiger partial charge in [-0.1, -0.05) is 6.07 Å². The van der Waals surface area contributed by atoms with Crippen LogP contribution >= 0.6 is 11.8 Å². The van der Waals surface area contributed by atoms with Gasteiger partial charge in [-0.3, -0.25) is 0 Å². The molecule has 2 fully saturated rings. The summed E-state index contributed by atoms with van der Waals surface area (Å²) in [6, 6.07) is 6.67. The van der Waals surface area contributed by atoms with Crippen molar-refractivity contribution in [2.24, 2.45) is 5.73 Å². The van der Waals surface area contributed by atoms with Gasteiger partial charge in [0.05, 0.1) is 12.2 Å². The number of benzene rings is 1. The molecule has 1 aliphatic carbocycles. The molecule has 0 aromatic heterocycles. The van der Waals surface area contributed by atoms with Crippen LogP contribution in [0.2, 0.25) is 0 Å². The molecule has 2 saturated heterocycles. The molecule has 1 aromatic carbocycles. The van der Waals surface area contributed by atoms with Crippen LogP contribution in [0.15, 0.2) is 18.2 Å². The summed E-state index contributed by atoms with van der Waals surface area (Å²) in [7, 11) is 0. The number of thioether (sulfide) groups is 1. The number of fused-ring (bicyclic) bond motifs is 1. The van der Waals surface area contributed by atoms with Gasteiger partial charge in [-0.2, -0.15) is 11.8 Å². The van der Waals surface area contributed by atoms with E-state index in [1.807, 2.05) is 11.8 Å². The Morgan fingerprint density at radius 3 is 3.14 bits per heavy atom. The highest BCUT2D eigenvalue weighted by atomic mass is 32.2. The fourth-order valence-corrected chi connectivity index (χ4v) is 5.22. The second-order valence-corrected chi connectivity index (χ2v) is 7.68. The van der Waals surface area contributed by atoms with Crippen LogP contribution in [-0.2, 0) is 11.2 Å². The predicted octanol–water partition coefficient (Wildman–Crippen LogP) is 3.07. The molecule has 21 heavy (non-hydrogen) atoms. The molecule has 2 aliphatic heterocycles. The van der Waals surface area contributed by atoms with Crippen molar-refractivity contribution in [1.29, 1.82) is 0 Å². The molecule has 0 amide bonds. The Kier molecular flexibility index (Phi) is 3.64. The standard InChI is InChI=1S/C17H23NO2S/c18-16-4-1-12-9-13(2-3-15(12)16)20-14-5-7-19-17(10-14)6-8-21-11-17/h2-3,9,14,16H,1,4-8,10-11,18H2. The monoisotopic (exact) mass is 305 g/mol.